The van der Waals surface area contributed by atoms with Crippen LogP contribution in [-0.4, -0.2) is 35.7 Å². The fourth-order valence-electron chi connectivity index (χ4n) is 3.41. The van der Waals surface area contributed by atoms with E-state index in [1.165, 1.54) is 0 Å². The number of H-pyrrole nitrogens is 1. The molecule has 0 aliphatic rings. The van der Waals surface area contributed by atoms with Crippen molar-refractivity contribution in [1.82, 2.24) is 24.9 Å². The Morgan fingerprint density at radius 1 is 1.33 bits per heavy atom. The Bertz CT molecular complexity index is 1310. The molecular weight excluding hydrogens is 382 g/mol. The molecule has 0 bridgehead atoms. The highest BCUT2D eigenvalue weighted by atomic mass is 16.5. The molecular formula is C21H21N7O2. The van der Waals surface area contributed by atoms with Crippen molar-refractivity contribution in [3.8, 4) is 23.2 Å². The summed E-state index contributed by atoms with van der Waals surface area (Å²) in [6.45, 7) is 9.05. The van der Waals surface area contributed by atoms with Gasteiger partial charge in [0, 0.05) is 5.39 Å². The SMILES string of the molecule is CC(=Nc1cnn(C(C)(C)C#N)c1)c1c(O)[nH]c2cnc(-c3c(C)noc3C)cc12. The second-order valence-corrected chi connectivity index (χ2v) is 7.67. The summed E-state index contributed by atoms with van der Waals surface area (Å²) in [6.07, 6.45) is 4.96. The summed E-state index contributed by atoms with van der Waals surface area (Å²) in [5.41, 5.74) is 3.96. The summed E-state index contributed by atoms with van der Waals surface area (Å²) in [5, 5.41) is 28.8. The van der Waals surface area contributed by atoms with Gasteiger partial charge in [0.1, 0.15) is 17.0 Å². The second-order valence-electron chi connectivity index (χ2n) is 7.67. The third kappa shape index (κ3) is 3.12. The second kappa shape index (κ2) is 6.84. The molecule has 0 unspecified atom stereocenters. The summed E-state index contributed by atoms with van der Waals surface area (Å²) >= 11 is 0. The number of hydrogen-bond donors (Lipinski definition) is 2. The number of rotatable bonds is 4. The van der Waals surface area contributed by atoms with Crippen molar-refractivity contribution in [1.29, 1.82) is 5.26 Å². The van der Waals surface area contributed by atoms with E-state index in [1.54, 1.807) is 37.1 Å². The summed E-state index contributed by atoms with van der Waals surface area (Å²) in [5.74, 6) is 0.687. The van der Waals surface area contributed by atoms with Gasteiger partial charge in [-0.2, -0.15) is 10.4 Å². The van der Waals surface area contributed by atoms with Gasteiger partial charge in [-0.3, -0.25) is 9.67 Å². The number of pyridine rings is 1. The maximum Gasteiger partial charge on any atom is 0.198 e. The van der Waals surface area contributed by atoms with Crippen LogP contribution in [0.1, 0.15) is 37.8 Å². The molecule has 0 spiro atoms. The van der Waals surface area contributed by atoms with Crippen molar-refractivity contribution >= 4 is 22.3 Å². The summed E-state index contributed by atoms with van der Waals surface area (Å²) in [4.78, 5) is 12.0. The van der Waals surface area contributed by atoms with E-state index >= 15 is 0 Å². The van der Waals surface area contributed by atoms with Crippen LogP contribution in [0.25, 0.3) is 22.2 Å². The lowest BCUT2D eigenvalue weighted by atomic mass is 10.1. The first kappa shape index (κ1) is 19.4. The highest BCUT2D eigenvalue weighted by Gasteiger charge is 2.21. The average Bonchev–Trinajstić information content (AvgIpc) is 3.38. The quantitative estimate of drug-likeness (QED) is 0.493. The minimum Gasteiger partial charge on any atom is -0.494 e. The fraction of sp³-hybridized carbons (Fsp3) is 0.286. The molecule has 0 amide bonds. The van der Waals surface area contributed by atoms with Gasteiger partial charge in [0.25, 0.3) is 0 Å². The van der Waals surface area contributed by atoms with Crippen LogP contribution in [0.2, 0.25) is 0 Å². The Kier molecular flexibility index (Phi) is 4.42. The molecule has 4 aromatic rings. The van der Waals surface area contributed by atoms with Crippen molar-refractivity contribution in [2.75, 3.05) is 0 Å². The maximum atomic E-state index is 10.5. The molecule has 0 radical (unpaired) electrons. The number of aryl methyl sites for hydroxylation is 2. The first-order valence-corrected chi connectivity index (χ1v) is 9.37. The number of hydrogen-bond acceptors (Lipinski definition) is 7. The molecule has 152 valence electrons. The predicted octanol–water partition coefficient (Wildman–Crippen LogP) is 4.14. The van der Waals surface area contributed by atoms with E-state index in [4.69, 9.17) is 4.52 Å². The number of aromatic amines is 1. The van der Waals surface area contributed by atoms with Crippen molar-refractivity contribution in [3.05, 3.63) is 41.7 Å². The summed E-state index contributed by atoms with van der Waals surface area (Å²) in [6, 6.07) is 4.08. The van der Waals surface area contributed by atoms with Gasteiger partial charge in [-0.25, -0.2) is 4.99 Å². The van der Waals surface area contributed by atoms with E-state index in [9.17, 15) is 10.4 Å². The first-order valence-electron chi connectivity index (χ1n) is 9.37. The summed E-state index contributed by atoms with van der Waals surface area (Å²) in [7, 11) is 0. The maximum absolute atomic E-state index is 10.5. The Morgan fingerprint density at radius 2 is 2.10 bits per heavy atom. The molecule has 30 heavy (non-hydrogen) atoms. The van der Waals surface area contributed by atoms with Gasteiger partial charge in [0.2, 0.25) is 0 Å². The molecule has 4 rings (SSSR count). The molecule has 0 atom stereocenters. The monoisotopic (exact) mass is 403 g/mol. The van der Waals surface area contributed by atoms with Gasteiger partial charge in [-0.05, 0) is 40.7 Å². The molecule has 0 aromatic carbocycles. The average molecular weight is 403 g/mol. The number of aromatic hydroxyl groups is 1. The zero-order valence-electron chi connectivity index (χ0n) is 17.3. The van der Waals surface area contributed by atoms with Crippen LogP contribution in [0.4, 0.5) is 5.69 Å². The largest absolute Gasteiger partial charge is 0.494 e. The standard InChI is InChI=1S/C21H21N7O2/c1-11(25-14-7-24-28(9-14)21(4,5)10-22)19-15-6-16(18-12(2)27-30-13(18)3)23-8-17(15)26-20(19)29/h6-9,26,29H,1-5H3. The molecule has 9 nitrogen and oxygen atoms in total. The number of nitrogens with zero attached hydrogens (tertiary/aromatic N) is 6. The van der Waals surface area contributed by atoms with Gasteiger partial charge in [0.15, 0.2) is 5.88 Å². The number of nitrogens with one attached hydrogen (secondary N) is 1. The third-order valence-electron chi connectivity index (χ3n) is 5.03. The molecule has 2 N–H and O–H groups in total. The highest BCUT2D eigenvalue weighted by molar-refractivity contribution is 6.13. The molecule has 9 heteroatoms. The Morgan fingerprint density at radius 3 is 2.77 bits per heavy atom. The Labute approximate surface area is 172 Å². The van der Waals surface area contributed by atoms with Gasteiger partial charge in [0.05, 0.1) is 58.4 Å². The van der Waals surface area contributed by atoms with Gasteiger partial charge >= 0.3 is 0 Å². The van der Waals surface area contributed by atoms with Crippen LogP contribution in [0.3, 0.4) is 0 Å². The lowest BCUT2D eigenvalue weighted by Gasteiger charge is -2.14. The van der Waals surface area contributed by atoms with E-state index in [-0.39, 0.29) is 5.88 Å². The lowest BCUT2D eigenvalue weighted by molar-refractivity contribution is 0.393. The van der Waals surface area contributed by atoms with Crippen LogP contribution >= 0.6 is 0 Å². The minimum atomic E-state index is -0.778. The van der Waals surface area contributed by atoms with E-state index in [0.29, 0.717) is 33.9 Å². The van der Waals surface area contributed by atoms with Crippen molar-refractivity contribution < 1.29 is 9.63 Å². The predicted molar refractivity (Wildman–Crippen MR) is 112 cm³/mol. The topological polar surface area (TPSA) is 129 Å². The van der Waals surface area contributed by atoms with Crippen molar-refractivity contribution in [3.63, 3.8) is 0 Å². The number of nitriles is 1. The molecule has 0 aliphatic carbocycles. The van der Waals surface area contributed by atoms with Crippen LogP contribution in [0.15, 0.2) is 34.2 Å². The Hall–Kier alpha value is -3.93. The van der Waals surface area contributed by atoms with Crippen molar-refractivity contribution in [2.45, 2.75) is 40.2 Å². The molecule has 0 fully saturated rings. The molecule has 4 heterocycles. The van der Waals surface area contributed by atoms with E-state index in [0.717, 1.165) is 16.6 Å². The van der Waals surface area contributed by atoms with E-state index in [1.807, 2.05) is 26.8 Å². The minimum absolute atomic E-state index is 0.00806. The first-order chi connectivity index (χ1) is 14.2. The molecule has 4 aromatic heterocycles. The van der Waals surface area contributed by atoms with Gasteiger partial charge in [-0.15, -0.1) is 0 Å². The van der Waals surface area contributed by atoms with E-state index in [2.05, 4.69) is 31.3 Å². The number of aliphatic imine (C=N–C) groups is 1. The number of aromatic nitrogens is 5. The Balaban J connectivity index is 1.80. The zero-order valence-corrected chi connectivity index (χ0v) is 17.3. The fourth-order valence-corrected chi connectivity index (χ4v) is 3.41. The zero-order chi connectivity index (χ0) is 21.6. The number of fused-ring (bicyclic) bond motifs is 1. The van der Waals surface area contributed by atoms with Gasteiger partial charge < -0.3 is 14.6 Å². The van der Waals surface area contributed by atoms with Crippen LogP contribution in [-0.2, 0) is 5.54 Å². The van der Waals surface area contributed by atoms with E-state index < -0.39 is 5.54 Å². The molecule has 0 saturated carbocycles. The van der Waals surface area contributed by atoms with Crippen LogP contribution in [0, 0.1) is 25.2 Å². The third-order valence-corrected chi connectivity index (χ3v) is 5.03. The molecule has 0 saturated heterocycles. The van der Waals surface area contributed by atoms with Crippen LogP contribution in [0.5, 0.6) is 5.88 Å². The lowest BCUT2D eigenvalue weighted by Crippen LogP contribution is -2.24. The highest BCUT2D eigenvalue weighted by Crippen LogP contribution is 2.33. The van der Waals surface area contributed by atoms with Gasteiger partial charge in [-0.1, -0.05) is 5.16 Å². The van der Waals surface area contributed by atoms with Crippen molar-refractivity contribution in [2.24, 2.45) is 4.99 Å². The van der Waals surface area contributed by atoms with Crippen LogP contribution < -0.4 is 0 Å². The smallest absolute Gasteiger partial charge is 0.198 e. The summed E-state index contributed by atoms with van der Waals surface area (Å²) < 4.78 is 6.82. The molecule has 0 aliphatic heterocycles. The normalized spacial score (nSPS) is 12.5.